The molecule has 5 nitrogen and oxygen atoms in total. The standard InChI is InChI=1S/C20H20N2O3/c1-3-25-19-12-15(7-9-18(19)24-2)8-10-20(23)22-14-17-6-4-5-16(11-17)13-21/h4-12H,3,14H2,1-2H3,(H,22,23)/b10-8+. The van der Waals surface area contributed by atoms with E-state index in [-0.39, 0.29) is 5.91 Å². The molecule has 25 heavy (non-hydrogen) atoms. The minimum atomic E-state index is -0.212. The zero-order chi connectivity index (χ0) is 18.1. The molecular formula is C20H20N2O3. The second-order valence-corrected chi connectivity index (χ2v) is 5.21. The Labute approximate surface area is 147 Å². The Kier molecular flexibility index (Phi) is 6.61. The molecule has 0 bridgehead atoms. The molecule has 0 aromatic heterocycles. The lowest BCUT2D eigenvalue weighted by Gasteiger charge is -2.09. The van der Waals surface area contributed by atoms with E-state index in [1.165, 1.54) is 6.08 Å². The molecule has 5 heteroatoms. The van der Waals surface area contributed by atoms with Crippen molar-refractivity contribution in [3.63, 3.8) is 0 Å². The van der Waals surface area contributed by atoms with Gasteiger partial charge < -0.3 is 14.8 Å². The molecule has 0 radical (unpaired) electrons. The SMILES string of the molecule is CCOc1cc(/C=C/C(=O)NCc2cccc(C#N)c2)ccc1OC. The molecular weight excluding hydrogens is 316 g/mol. The number of rotatable bonds is 7. The number of nitrogens with zero attached hydrogens (tertiary/aromatic N) is 1. The third-order valence-electron chi connectivity index (χ3n) is 3.44. The molecule has 1 N–H and O–H groups in total. The van der Waals surface area contributed by atoms with Gasteiger partial charge in [-0.3, -0.25) is 4.79 Å². The number of carbonyl (C=O) groups excluding carboxylic acids is 1. The van der Waals surface area contributed by atoms with E-state index in [0.717, 1.165) is 11.1 Å². The average Bonchev–Trinajstić information content (AvgIpc) is 2.65. The van der Waals surface area contributed by atoms with Crippen LogP contribution in [0.3, 0.4) is 0 Å². The topological polar surface area (TPSA) is 71.3 Å². The lowest BCUT2D eigenvalue weighted by atomic mass is 10.1. The largest absolute Gasteiger partial charge is 0.493 e. The number of ether oxygens (including phenoxy) is 2. The van der Waals surface area contributed by atoms with Gasteiger partial charge in [-0.05, 0) is 48.4 Å². The zero-order valence-corrected chi connectivity index (χ0v) is 14.3. The molecule has 0 saturated carbocycles. The van der Waals surface area contributed by atoms with Crippen molar-refractivity contribution in [1.82, 2.24) is 5.32 Å². The van der Waals surface area contributed by atoms with Crippen molar-refractivity contribution in [2.75, 3.05) is 13.7 Å². The molecule has 2 rings (SSSR count). The third-order valence-corrected chi connectivity index (χ3v) is 3.44. The number of nitriles is 1. The van der Waals surface area contributed by atoms with Crippen LogP contribution >= 0.6 is 0 Å². The van der Waals surface area contributed by atoms with Crippen molar-refractivity contribution in [1.29, 1.82) is 5.26 Å². The van der Waals surface area contributed by atoms with Crippen molar-refractivity contribution in [2.45, 2.75) is 13.5 Å². The first-order valence-electron chi connectivity index (χ1n) is 7.92. The second kappa shape index (κ2) is 9.14. The van der Waals surface area contributed by atoms with Crippen LogP contribution in [0, 0.1) is 11.3 Å². The quantitative estimate of drug-likeness (QED) is 0.788. The van der Waals surface area contributed by atoms with Gasteiger partial charge in [-0.25, -0.2) is 0 Å². The van der Waals surface area contributed by atoms with Crippen LogP contribution < -0.4 is 14.8 Å². The number of hydrogen-bond acceptors (Lipinski definition) is 4. The van der Waals surface area contributed by atoms with Gasteiger partial charge in [0.15, 0.2) is 11.5 Å². The van der Waals surface area contributed by atoms with Crippen LogP contribution in [0.2, 0.25) is 0 Å². The van der Waals surface area contributed by atoms with Crippen molar-refractivity contribution in [2.24, 2.45) is 0 Å². The normalized spacial score (nSPS) is 10.3. The first-order chi connectivity index (χ1) is 12.2. The van der Waals surface area contributed by atoms with E-state index in [1.54, 1.807) is 37.5 Å². The Bertz CT molecular complexity index is 807. The molecule has 2 aromatic rings. The van der Waals surface area contributed by atoms with Gasteiger partial charge >= 0.3 is 0 Å². The minimum Gasteiger partial charge on any atom is -0.493 e. The van der Waals surface area contributed by atoms with Gasteiger partial charge in [-0.2, -0.15) is 5.26 Å². The summed E-state index contributed by atoms with van der Waals surface area (Å²) in [4.78, 5) is 12.0. The monoisotopic (exact) mass is 336 g/mol. The lowest BCUT2D eigenvalue weighted by molar-refractivity contribution is -0.116. The Morgan fingerprint density at radius 3 is 2.80 bits per heavy atom. The summed E-state index contributed by atoms with van der Waals surface area (Å²) in [6.45, 7) is 2.80. The van der Waals surface area contributed by atoms with Gasteiger partial charge in [0.25, 0.3) is 0 Å². The molecule has 0 aliphatic carbocycles. The van der Waals surface area contributed by atoms with E-state index in [1.807, 2.05) is 25.1 Å². The van der Waals surface area contributed by atoms with E-state index in [9.17, 15) is 4.79 Å². The Hall–Kier alpha value is -3.26. The summed E-state index contributed by atoms with van der Waals surface area (Å²) in [5.74, 6) is 1.08. The highest BCUT2D eigenvalue weighted by molar-refractivity contribution is 5.91. The van der Waals surface area contributed by atoms with E-state index in [4.69, 9.17) is 14.7 Å². The fourth-order valence-corrected chi connectivity index (χ4v) is 2.24. The highest BCUT2D eigenvalue weighted by atomic mass is 16.5. The van der Waals surface area contributed by atoms with Crippen LogP contribution in [0.1, 0.15) is 23.6 Å². The van der Waals surface area contributed by atoms with E-state index >= 15 is 0 Å². The predicted molar refractivity (Wildman–Crippen MR) is 96.2 cm³/mol. The Morgan fingerprint density at radius 2 is 2.08 bits per heavy atom. The number of methoxy groups -OCH3 is 1. The molecule has 1 amide bonds. The summed E-state index contributed by atoms with van der Waals surface area (Å²) in [6.07, 6.45) is 3.18. The van der Waals surface area contributed by atoms with Gasteiger partial charge in [-0.15, -0.1) is 0 Å². The van der Waals surface area contributed by atoms with Crippen LogP contribution in [0.15, 0.2) is 48.5 Å². The highest BCUT2D eigenvalue weighted by Crippen LogP contribution is 2.28. The Morgan fingerprint density at radius 1 is 1.24 bits per heavy atom. The number of nitrogens with one attached hydrogen (secondary N) is 1. The van der Waals surface area contributed by atoms with Crippen molar-refractivity contribution < 1.29 is 14.3 Å². The summed E-state index contributed by atoms with van der Waals surface area (Å²) in [5.41, 5.74) is 2.29. The average molecular weight is 336 g/mol. The maximum Gasteiger partial charge on any atom is 0.244 e. The summed E-state index contributed by atoms with van der Waals surface area (Å²) in [5, 5.41) is 11.7. The maximum atomic E-state index is 12.0. The van der Waals surface area contributed by atoms with E-state index in [0.29, 0.717) is 30.2 Å². The molecule has 0 saturated heterocycles. The van der Waals surface area contributed by atoms with Crippen LogP contribution in [-0.4, -0.2) is 19.6 Å². The summed E-state index contributed by atoms with van der Waals surface area (Å²) >= 11 is 0. The molecule has 0 spiro atoms. The van der Waals surface area contributed by atoms with Crippen LogP contribution in [0.25, 0.3) is 6.08 Å². The van der Waals surface area contributed by atoms with Crippen LogP contribution in [-0.2, 0) is 11.3 Å². The minimum absolute atomic E-state index is 0.212. The van der Waals surface area contributed by atoms with E-state index in [2.05, 4.69) is 11.4 Å². The zero-order valence-electron chi connectivity index (χ0n) is 14.3. The predicted octanol–water partition coefficient (Wildman–Crippen LogP) is 3.30. The first kappa shape index (κ1) is 18.1. The molecule has 0 aliphatic heterocycles. The van der Waals surface area contributed by atoms with Gasteiger partial charge in [0.05, 0.1) is 25.3 Å². The number of benzene rings is 2. The molecule has 2 aromatic carbocycles. The van der Waals surface area contributed by atoms with Gasteiger partial charge in [0.1, 0.15) is 0 Å². The smallest absolute Gasteiger partial charge is 0.244 e. The lowest BCUT2D eigenvalue weighted by Crippen LogP contribution is -2.20. The molecule has 0 heterocycles. The molecule has 128 valence electrons. The highest BCUT2D eigenvalue weighted by Gasteiger charge is 2.04. The van der Waals surface area contributed by atoms with Crippen molar-refractivity contribution >= 4 is 12.0 Å². The second-order valence-electron chi connectivity index (χ2n) is 5.21. The molecule has 0 unspecified atom stereocenters. The summed E-state index contributed by atoms with van der Waals surface area (Å²) in [7, 11) is 1.59. The van der Waals surface area contributed by atoms with Gasteiger partial charge in [0, 0.05) is 12.6 Å². The van der Waals surface area contributed by atoms with Crippen molar-refractivity contribution in [3.05, 3.63) is 65.2 Å². The van der Waals surface area contributed by atoms with Crippen molar-refractivity contribution in [3.8, 4) is 17.6 Å². The molecule has 0 aliphatic rings. The van der Waals surface area contributed by atoms with Gasteiger partial charge in [-0.1, -0.05) is 18.2 Å². The first-order valence-corrected chi connectivity index (χ1v) is 7.92. The van der Waals surface area contributed by atoms with Crippen LogP contribution in [0.5, 0.6) is 11.5 Å². The van der Waals surface area contributed by atoms with E-state index < -0.39 is 0 Å². The molecule has 0 fully saturated rings. The number of carbonyl (C=O) groups is 1. The maximum absolute atomic E-state index is 12.0. The fourth-order valence-electron chi connectivity index (χ4n) is 2.24. The summed E-state index contributed by atoms with van der Waals surface area (Å²) in [6, 6.07) is 14.7. The van der Waals surface area contributed by atoms with Crippen LogP contribution in [0.4, 0.5) is 0 Å². The fraction of sp³-hybridized carbons (Fsp3) is 0.200. The number of amides is 1. The van der Waals surface area contributed by atoms with Gasteiger partial charge in [0.2, 0.25) is 5.91 Å². The Balaban J connectivity index is 1.97. The molecule has 0 atom stereocenters. The third kappa shape index (κ3) is 5.40. The number of hydrogen-bond donors (Lipinski definition) is 1. The summed E-state index contributed by atoms with van der Waals surface area (Å²) < 4.78 is 10.8.